The number of aliphatic hydroxyl groups excluding tert-OH is 1. The van der Waals surface area contributed by atoms with Gasteiger partial charge in [0.1, 0.15) is 18.0 Å². The third-order valence-corrected chi connectivity index (χ3v) is 7.23. The highest BCUT2D eigenvalue weighted by molar-refractivity contribution is 7.52. The number of nitrogens with zero attached hydrogens (tertiary/aromatic N) is 1. The first-order valence-corrected chi connectivity index (χ1v) is 13.1. The van der Waals surface area contributed by atoms with Gasteiger partial charge < -0.3 is 24.2 Å². The number of ether oxygens (including phenoxy) is 2. The molecule has 0 saturated carbocycles. The molecule has 1 aliphatic heterocycles. The summed E-state index contributed by atoms with van der Waals surface area (Å²) < 4.78 is 37.4. The van der Waals surface area contributed by atoms with Crippen LogP contribution in [0.2, 0.25) is 0 Å². The third kappa shape index (κ3) is 6.97. The predicted octanol–water partition coefficient (Wildman–Crippen LogP) is 1.16. The van der Waals surface area contributed by atoms with Crippen LogP contribution in [-0.4, -0.2) is 62.4 Å². The molecule has 0 aliphatic carbocycles. The molecule has 1 aromatic carbocycles. The molecule has 202 valence electrons. The van der Waals surface area contributed by atoms with E-state index in [1.165, 1.54) is 0 Å². The van der Waals surface area contributed by atoms with Crippen LogP contribution in [-0.2, 0) is 18.6 Å². The highest BCUT2D eigenvalue weighted by Crippen LogP contribution is 2.48. The summed E-state index contributed by atoms with van der Waals surface area (Å²) in [7, 11) is -4.13. The lowest BCUT2D eigenvalue weighted by molar-refractivity contribution is -0.0757. The van der Waals surface area contributed by atoms with Crippen molar-refractivity contribution < 1.29 is 33.3 Å². The fourth-order valence-electron chi connectivity index (χ4n) is 3.60. The summed E-state index contributed by atoms with van der Waals surface area (Å²) in [6.45, 7) is 6.85. The van der Waals surface area contributed by atoms with Crippen molar-refractivity contribution >= 4 is 7.75 Å². The van der Waals surface area contributed by atoms with Gasteiger partial charge in [0, 0.05) is 17.8 Å². The van der Waals surface area contributed by atoms with Gasteiger partial charge in [0.2, 0.25) is 0 Å². The van der Waals surface area contributed by atoms with E-state index in [2.05, 4.69) is 11.0 Å². The van der Waals surface area contributed by atoms with Crippen molar-refractivity contribution in [1.82, 2.24) is 14.6 Å². The Labute approximate surface area is 214 Å². The molecule has 13 heteroatoms. The monoisotopic (exact) mass is 537 g/mol. The summed E-state index contributed by atoms with van der Waals surface area (Å²) in [5.41, 5.74) is -4.81. The average Bonchev–Trinajstić information content (AvgIpc) is 3.07. The number of hydrogen-bond donors (Lipinski definition) is 4. The van der Waals surface area contributed by atoms with E-state index >= 15 is 0 Å². The van der Waals surface area contributed by atoms with Gasteiger partial charge in [-0.05, 0) is 39.8 Å². The second kappa shape index (κ2) is 11.3. The van der Waals surface area contributed by atoms with Crippen molar-refractivity contribution in [3.05, 3.63) is 63.4 Å². The van der Waals surface area contributed by atoms with Crippen molar-refractivity contribution in [2.75, 3.05) is 13.2 Å². The minimum atomic E-state index is -4.13. The summed E-state index contributed by atoms with van der Waals surface area (Å²) in [5, 5.41) is 24.6. The molecule has 3 rings (SSSR count). The second-order valence-electron chi connectivity index (χ2n) is 9.51. The van der Waals surface area contributed by atoms with E-state index in [4.69, 9.17) is 24.9 Å². The first kappa shape index (κ1) is 28.8. The first-order chi connectivity index (χ1) is 17.3. The number of aliphatic hydroxyl groups is 2. The Hall–Kier alpha value is -2.75. The molecule has 37 heavy (non-hydrogen) atoms. The lowest BCUT2D eigenvalue weighted by Crippen LogP contribution is -2.48. The van der Waals surface area contributed by atoms with Gasteiger partial charge in [-0.25, -0.2) is 14.4 Å². The standard InChI is InChI=1S/C24H32N3O9P/c1-6-24(31)20(29)18(35-21(24)27-13-12-19(28)25-22(27)30)14-34-37(32,36-17-10-8-7-9-11-17)26-23(4,5)15-33-16(2)3/h1,7-13,16,18,20-21,29,31H,14-15H2,2-5H3,(H,26,32)(H,25,28,30). The molecule has 0 bridgehead atoms. The molecule has 12 nitrogen and oxygen atoms in total. The normalized spacial score (nSPS) is 25.5. The van der Waals surface area contributed by atoms with Gasteiger partial charge in [0.15, 0.2) is 11.8 Å². The van der Waals surface area contributed by atoms with Crippen molar-refractivity contribution in [1.29, 1.82) is 0 Å². The molecule has 0 spiro atoms. The molecule has 1 saturated heterocycles. The van der Waals surface area contributed by atoms with Crippen molar-refractivity contribution in [2.45, 2.75) is 63.4 Å². The molecule has 4 N–H and O–H groups in total. The number of terminal acetylenes is 1. The smallest absolute Gasteiger partial charge is 0.413 e. The van der Waals surface area contributed by atoms with Gasteiger partial charge in [-0.3, -0.25) is 18.9 Å². The van der Waals surface area contributed by atoms with E-state index in [9.17, 15) is 24.4 Å². The van der Waals surface area contributed by atoms with Crippen LogP contribution in [0.5, 0.6) is 5.75 Å². The molecule has 2 heterocycles. The number of hydrogen-bond acceptors (Lipinski definition) is 9. The highest BCUT2D eigenvalue weighted by atomic mass is 31.2. The lowest BCUT2D eigenvalue weighted by Gasteiger charge is -2.32. The zero-order valence-corrected chi connectivity index (χ0v) is 21.9. The van der Waals surface area contributed by atoms with E-state index in [0.717, 1.165) is 16.8 Å². The maximum Gasteiger partial charge on any atom is 0.459 e. The van der Waals surface area contributed by atoms with E-state index in [0.29, 0.717) is 0 Å². The van der Waals surface area contributed by atoms with Gasteiger partial charge in [-0.1, -0.05) is 24.1 Å². The minimum Gasteiger partial charge on any atom is -0.413 e. The van der Waals surface area contributed by atoms with Gasteiger partial charge >= 0.3 is 13.4 Å². The number of nitrogens with one attached hydrogen (secondary N) is 2. The predicted molar refractivity (Wildman–Crippen MR) is 134 cm³/mol. The van der Waals surface area contributed by atoms with Gasteiger partial charge in [0.05, 0.1) is 19.3 Å². The number of aromatic amines is 1. The summed E-state index contributed by atoms with van der Waals surface area (Å²) in [5.74, 6) is 2.31. The number of H-pyrrole nitrogens is 1. The zero-order chi connectivity index (χ0) is 27.4. The molecule has 1 aromatic heterocycles. The Balaban J connectivity index is 1.84. The molecule has 0 amide bonds. The van der Waals surface area contributed by atoms with Crippen LogP contribution >= 0.6 is 7.75 Å². The number of rotatable bonds is 11. The second-order valence-corrected chi connectivity index (χ2v) is 11.2. The van der Waals surface area contributed by atoms with E-state index < -0.39 is 55.2 Å². The van der Waals surface area contributed by atoms with Gasteiger partial charge in [0.25, 0.3) is 5.56 Å². The van der Waals surface area contributed by atoms with Gasteiger partial charge in [-0.15, -0.1) is 6.42 Å². The van der Waals surface area contributed by atoms with Crippen LogP contribution in [0.15, 0.2) is 52.2 Å². The number of para-hydroxylation sites is 1. The largest absolute Gasteiger partial charge is 0.459 e. The summed E-state index contributed by atoms with van der Waals surface area (Å²) in [6, 6.07) is 9.35. The topological polar surface area (TPSA) is 161 Å². The maximum absolute atomic E-state index is 13.8. The zero-order valence-electron chi connectivity index (χ0n) is 21.0. The molecule has 2 aromatic rings. The van der Waals surface area contributed by atoms with E-state index in [1.54, 1.807) is 44.2 Å². The van der Waals surface area contributed by atoms with Gasteiger partial charge in [-0.2, -0.15) is 0 Å². The number of aromatic nitrogens is 2. The van der Waals surface area contributed by atoms with Crippen molar-refractivity contribution in [2.24, 2.45) is 0 Å². The molecular formula is C24H32N3O9P. The van der Waals surface area contributed by atoms with Crippen molar-refractivity contribution in [3.8, 4) is 18.1 Å². The van der Waals surface area contributed by atoms with Crippen LogP contribution in [0.25, 0.3) is 0 Å². The fourth-order valence-corrected chi connectivity index (χ4v) is 5.31. The Morgan fingerprint density at radius 1 is 1.30 bits per heavy atom. The van der Waals surface area contributed by atoms with Crippen LogP contribution < -0.4 is 20.9 Å². The highest BCUT2D eigenvalue weighted by Gasteiger charge is 2.56. The average molecular weight is 538 g/mol. The molecule has 5 atom stereocenters. The third-order valence-electron chi connectivity index (χ3n) is 5.41. The Bertz CT molecular complexity index is 1270. The minimum absolute atomic E-state index is 0.0758. The van der Waals surface area contributed by atoms with Crippen LogP contribution in [0, 0.1) is 12.3 Å². The summed E-state index contributed by atoms with van der Waals surface area (Å²) in [4.78, 5) is 25.7. The van der Waals surface area contributed by atoms with E-state index in [1.807, 2.05) is 18.8 Å². The Morgan fingerprint density at radius 3 is 2.57 bits per heavy atom. The maximum atomic E-state index is 13.8. The molecule has 1 fully saturated rings. The van der Waals surface area contributed by atoms with Crippen molar-refractivity contribution in [3.63, 3.8) is 0 Å². The molecule has 0 radical (unpaired) electrons. The van der Waals surface area contributed by atoms with Crippen LogP contribution in [0.4, 0.5) is 0 Å². The summed E-state index contributed by atoms with van der Waals surface area (Å²) >= 11 is 0. The molecule has 5 unspecified atom stereocenters. The molecule has 1 aliphatic rings. The van der Waals surface area contributed by atoms with E-state index in [-0.39, 0.29) is 18.5 Å². The Kier molecular flexibility index (Phi) is 8.82. The Morgan fingerprint density at radius 2 is 1.97 bits per heavy atom. The quantitative estimate of drug-likeness (QED) is 0.242. The summed E-state index contributed by atoms with van der Waals surface area (Å²) in [6.07, 6.45) is 1.84. The first-order valence-electron chi connectivity index (χ1n) is 11.5. The molecular weight excluding hydrogens is 505 g/mol. The SMILES string of the molecule is C#CC1(O)C(O)C(COP(=O)(NC(C)(C)COC(C)C)Oc2ccccc2)OC1n1ccc(=O)[nH]c1=O. The lowest BCUT2D eigenvalue weighted by atomic mass is 9.95. The van der Waals surface area contributed by atoms with Crippen LogP contribution in [0.3, 0.4) is 0 Å². The fraction of sp³-hybridized carbons (Fsp3) is 0.500. The number of benzene rings is 1. The van der Waals surface area contributed by atoms with Crippen LogP contribution in [0.1, 0.15) is 33.9 Å².